The van der Waals surface area contributed by atoms with E-state index in [4.69, 9.17) is 23.7 Å². The van der Waals surface area contributed by atoms with E-state index in [0.29, 0.717) is 0 Å². The van der Waals surface area contributed by atoms with Crippen LogP contribution in [0.2, 0.25) is 0 Å². The van der Waals surface area contributed by atoms with Crippen molar-refractivity contribution in [3.8, 4) is 0 Å². The fourth-order valence-corrected chi connectivity index (χ4v) is 0. The number of nitrogens with zero attached hydrogens (tertiary/aromatic N) is 2. The maximum absolute atomic E-state index is 6.25. The first-order valence-electron chi connectivity index (χ1n) is 0.447. The molecule has 0 bridgehead atoms. The first-order chi connectivity index (χ1) is 2.00. The van der Waals surface area contributed by atoms with E-state index in [2.05, 4.69) is 0 Å². The van der Waals surface area contributed by atoms with Crippen molar-refractivity contribution < 1.29 is 68.5 Å². The van der Waals surface area contributed by atoms with Gasteiger partial charge >= 0.3 is 68.5 Å². The molecule has 0 fully saturated rings. The van der Waals surface area contributed by atoms with E-state index >= 15 is 0 Å². The van der Waals surface area contributed by atoms with Crippen molar-refractivity contribution in [1.82, 2.24) is 0 Å². The molecule has 0 radical (unpaired) electrons. The van der Waals surface area contributed by atoms with Crippen LogP contribution in [0.25, 0.3) is 0 Å². The molecule has 0 N–H and O–H groups in total. The van der Waals surface area contributed by atoms with Crippen LogP contribution in [0, 0.1) is 23.7 Å². The monoisotopic (exact) mass is 154 g/mol. The summed E-state index contributed by atoms with van der Waals surface area (Å²) < 4.78 is 0. The Labute approximate surface area is 90.4 Å². The fraction of sp³-hybridized carbons (Fsp3) is 0. The Balaban J connectivity index is -0.00000000500. The van der Waals surface area contributed by atoms with Gasteiger partial charge in [0.05, 0.1) is 0 Å². The second kappa shape index (κ2) is 125. The Kier molecular flexibility index (Phi) is 571. The summed E-state index contributed by atoms with van der Waals surface area (Å²) in [6.45, 7) is 9.50. The van der Waals surface area contributed by atoms with Crippen LogP contribution in [-0.2, 0) is 17.1 Å². The van der Waals surface area contributed by atoms with Crippen LogP contribution >= 0.6 is 0 Å². The Morgan fingerprint density at radius 1 is 0.833 bits per heavy atom. The van der Waals surface area contributed by atoms with Gasteiger partial charge < -0.3 is 23.7 Å². The van der Waals surface area contributed by atoms with E-state index in [1.807, 2.05) is 0 Å². The van der Waals surface area contributed by atoms with Crippen molar-refractivity contribution >= 4 is 0 Å². The third-order valence-corrected chi connectivity index (χ3v) is 0. The zero-order valence-electron chi connectivity index (χ0n) is 3.20. The molecule has 0 amide bonds. The molecule has 30 valence electrons. The van der Waals surface area contributed by atoms with E-state index < -0.39 is 0 Å². The van der Waals surface area contributed by atoms with Crippen molar-refractivity contribution in [2.45, 2.75) is 0 Å². The van der Waals surface area contributed by atoms with Gasteiger partial charge in [-0.15, -0.1) is 0 Å². The third-order valence-electron chi connectivity index (χ3n) is 0. The Bertz CT molecular complexity index is 27.0. The molecular weight excluding hydrogens is 155 g/mol. The van der Waals surface area contributed by atoms with Gasteiger partial charge in [0.1, 0.15) is 0 Å². The minimum Gasteiger partial charge on any atom is -0.512 e. The smallest absolute Gasteiger partial charge is 0.512 e. The topological polar surface area (TPSA) is 47.6 Å². The van der Waals surface area contributed by atoms with Gasteiger partial charge in [0.2, 0.25) is 0 Å². The van der Waals surface area contributed by atoms with Gasteiger partial charge in [-0.3, -0.25) is 0 Å². The second-order valence-corrected chi connectivity index (χ2v) is 0. The maximum Gasteiger partial charge on any atom is 1.00 e. The van der Waals surface area contributed by atoms with E-state index in [1.54, 1.807) is 0 Å². The summed E-state index contributed by atoms with van der Waals surface area (Å²) in [6.07, 6.45) is 0. The predicted octanol–water partition coefficient (Wildman–Crippen LogP) is -2.81. The molecule has 0 unspecified atom stereocenters. The van der Waals surface area contributed by atoms with Gasteiger partial charge in [0, 0.05) is 0 Å². The molecule has 0 aromatic heterocycles. The second-order valence-electron chi connectivity index (χ2n) is 0. The Morgan fingerprint density at radius 2 is 0.833 bits per heavy atom. The SMILES string of the molecule is [C-]#N.[C-]#N.[Cu+].[K+]. The van der Waals surface area contributed by atoms with Gasteiger partial charge in [-0.25, -0.2) is 0 Å². The van der Waals surface area contributed by atoms with Gasteiger partial charge in [0.15, 0.2) is 0 Å². The summed E-state index contributed by atoms with van der Waals surface area (Å²) in [7, 11) is 0. The van der Waals surface area contributed by atoms with Crippen LogP contribution in [-0.4, -0.2) is 0 Å². The quantitative estimate of drug-likeness (QED) is 0.280. The standard InChI is InChI=1S/2CN.Cu.K/c2*1-2;;/q2*-1;2*+1. The molecule has 0 aromatic rings. The molecule has 0 aliphatic heterocycles. The molecule has 6 heavy (non-hydrogen) atoms. The molecule has 0 atom stereocenters. The van der Waals surface area contributed by atoms with Crippen LogP contribution < -0.4 is 51.4 Å². The third kappa shape index (κ3) is 68.1. The molecular formula is C2CuKN2. The van der Waals surface area contributed by atoms with E-state index in [9.17, 15) is 0 Å². The number of hydrogen-bond donors (Lipinski definition) is 0. The largest absolute Gasteiger partial charge is 1.00 e. The van der Waals surface area contributed by atoms with Crippen molar-refractivity contribution in [2.75, 3.05) is 0 Å². The Hall–Kier alpha value is 1.14. The van der Waals surface area contributed by atoms with E-state index in [1.165, 1.54) is 0 Å². The molecule has 2 nitrogen and oxygen atoms in total. The molecule has 0 aromatic carbocycles. The van der Waals surface area contributed by atoms with Gasteiger partial charge in [0.25, 0.3) is 0 Å². The van der Waals surface area contributed by atoms with E-state index in [-0.39, 0.29) is 68.5 Å². The van der Waals surface area contributed by atoms with Crippen LogP contribution in [0.1, 0.15) is 0 Å². The molecule has 0 saturated carbocycles. The summed E-state index contributed by atoms with van der Waals surface area (Å²) in [4.78, 5) is 0. The summed E-state index contributed by atoms with van der Waals surface area (Å²) in [6, 6.07) is 0. The van der Waals surface area contributed by atoms with Crippen molar-refractivity contribution in [2.24, 2.45) is 0 Å². The van der Waals surface area contributed by atoms with Crippen LogP contribution in [0.3, 0.4) is 0 Å². The molecule has 0 heterocycles. The first kappa shape index (κ1) is 27.3. The van der Waals surface area contributed by atoms with Crippen LogP contribution in [0.15, 0.2) is 0 Å². The molecule has 0 spiro atoms. The summed E-state index contributed by atoms with van der Waals surface area (Å²) in [5, 5.41) is 12.5. The average Bonchev–Trinajstić information content (AvgIpc) is 1.50. The van der Waals surface area contributed by atoms with Crippen molar-refractivity contribution in [3.05, 3.63) is 13.1 Å². The zero-order valence-corrected chi connectivity index (χ0v) is 7.26. The summed E-state index contributed by atoms with van der Waals surface area (Å²) >= 11 is 0. The molecule has 0 rings (SSSR count). The number of hydrogen-bond acceptors (Lipinski definition) is 2. The van der Waals surface area contributed by atoms with Gasteiger partial charge in [-0.2, -0.15) is 0 Å². The van der Waals surface area contributed by atoms with Crippen molar-refractivity contribution in [3.63, 3.8) is 0 Å². The average molecular weight is 155 g/mol. The van der Waals surface area contributed by atoms with Crippen LogP contribution in [0.5, 0.6) is 0 Å². The zero-order chi connectivity index (χ0) is 4.00. The van der Waals surface area contributed by atoms with Crippen LogP contribution in [0.4, 0.5) is 0 Å². The summed E-state index contributed by atoms with van der Waals surface area (Å²) in [5.41, 5.74) is 0. The molecule has 0 aliphatic carbocycles. The predicted molar refractivity (Wildman–Crippen MR) is 9.94 cm³/mol. The fourth-order valence-electron chi connectivity index (χ4n) is 0. The molecule has 0 aliphatic rings. The molecule has 0 saturated heterocycles. The maximum atomic E-state index is 6.25. The van der Waals surface area contributed by atoms with Crippen molar-refractivity contribution in [1.29, 1.82) is 10.5 Å². The van der Waals surface area contributed by atoms with Gasteiger partial charge in [-0.1, -0.05) is 0 Å². The minimum absolute atomic E-state index is 0. The summed E-state index contributed by atoms with van der Waals surface area (Å²) in [5.74, 6) is 0. The normalized spacial score (nSPS) is 0.667. The first-order valence-corrected chi connectivity index (χ1v) is 0.447. The van der Waals surface area contributed by atoms with E-state index in [0.717, 1.165) is 0 Å². The number of rotatable bonds is 0. The molecule has 4 heteroatoms. The van der Waals surface area contributed by atoms with Gasteiger partial charge in [-0.05, 0) is 0 Å². The Morgan fingerprint density at radius 3 is 0.833 bits per heavy atom. The minimum atomic E-state index is 0.